The van der Waals surface area contributed by atoms with Gasteiger partial charge in [-0.2, -0.15) is 0 Å². The van der Waals surface area contributed by atoms with Gasteiger partial charge in [-0.3, -0.25) is 10.1 Å². The first kappa shape index (κ1) is 10.7. The molecular formula is C11H8ClNO3. The van der Waals surface area contributed by atoms with Gasteiger partial charge in [0.25, 0.3) is 0 Å². The molecule has 2 aromatic rings. The molecule has 0 aliphatic heterocycles. The standard InChI is InChI=1S/C11H8ClNO3/c1-7-9-6-8(12)2-3-11(9)16-10(7)4-5-13(14)15/h2-6H,1H3/b5-4+. The monoisotopic (exact) mass is 237 g/mol. The van der Waals surface area contributed by atoms with Gasteiger partial charge in [0.2, 0.25) is 6.20 Å². The number of halogens is 1. The highest BCUT2D eigenvalue weighted by atomic mass is 35.5. The van der Waals surface area contributed by atoms with Crippen LogP contribution in [0.4, 0.5) is 0 Å². The molecular weight excluding hydrogens is 230 g/mol. The van der Waals surface area contributed by atoms with Crippen molar-refractivity contribution in [2.75, 3.05) is 0 Å². The van der Waals surface area contributed by atoms with Crippen molar-refractivity contribution in [1.29, 1.82) is 0 Å². The van der Waals surface area contributed by atoms with Crippen LogP contribution >= 0.6 is 11.6 Å². The smallest absolute Gasteiger partial charge is 0.238 e. The van der Waals surface area contributed by atoms with Gasteiger partial charge in [0.1, 0.15) is 11.3 Å². The van der Waals surface area contributed by atoms with Gasteiger partial charge in [0, 0.05) is 16.0 Å². The van der Waals surface area contributed by atoms with Crippen molar-refractivity contribution in [2.45, 2.75) is 6.92 Å². The lowest BCUT2D eigenvalue weighted by Gasteiger charge is -1.89. The molecule has 16 heavy (non-hydrogen) atoms. The van der Waals surface area contributed by atoms with Crippen molar-refractivity contribution in [3.05, 3.63) is 50.9 Å². The number of nitrogens with zero attached hydrogens (tertiary/aromatic N) is 1. The summed E-state index contributed by atoms with van der Waals surface area (Å²) >= 11 is 5.86. The highest BCUT2D eigenvalue weighted by Crippen LogP contribution is 2.28. The zero-order chi connectivity index (χ0) is 11.7. The maximum Gasteiger partial charge on any atom is 0.238 e. The van der Waals surface area contributed by atoms with Gasteiger partial charge in [-0.1, -0.05) is 11.6 Å². The second-order valence-electron chi connectivity index (χ2n) is 3.33. The van der Waals surface area contributed by atoms with Crippen molar-refractivity contribution in [3.63, 3.8) is 0 Å². The molecule has 4 nitrogen and oxygen atoms in total. The Morgan fingerprint density at radius 1 is 1.50 bits per heavy atom. The van der Waals surface area contributed by atoms with Crippen LogP contribution in [0, 0.1) is 17.0 Å². The van der Waals surface area contributed by atoms with E-state index < -0.39 is 4.92 Å². The van der Waals surface area contributed by atoms with Gasteiger partial charge in [0.05, 0.1) is 11.0 Å². The maximum absolute atomic E-state index is 10.2. The quantitative estimate of drug-likeness (QED) is 0.592. The number of fused-ring (bicyclic) bond motifs is 1. The first-order valence-electron chi connectivity index (χ1n) is 4.58. The Morgan fingerprint density at radius 2 is 2.25 bits per heavy atom. The molecule has 0 atom stereocenters. The molecule has 1 heterocycles. The topological polar surface area (TPSA) is 56.3 Å². The highest BCUT2D eigenvalue weighted by molar-refractivity contribution is 6.31. The predicted molar refractivity (Wildman–Crippen MR) is 62.0 cm³/mol. The molecule has 0 amide bonds. The van der Waals surface area contributed by atoms with E-state index in [2.05, 4.69) is 0 Å². The Labute approximate surface area is 96.3 Å². The van der Waals surface area contributed by atoms with E-state index in [9.17, 15) is 10.1 Å². The van der Waals surface area contributed by atoms with Gasteiger partial charge < -0.3 is 4.42 Å². The molecule has 1 aromatic carbocycles. The SMILES string of the molecule is Cc1c(/C=C/[N+](=O)[O-])oc2ccc(Cl)cc12. The Morgan fingerprint density at radius 3 is 2.94 bits per heavy atom. The van der Waals surface area contributed by atoms with Crippen molar-refractivity contribution < 1.29 is 9.34 Å². The number of furan rings is 1. The molecule has 0 N–H and O–H groups in total. The van der Waals surface area contributed by atoms with Gasteiger partial charge in [-0.05, 0) is 25.1 Å². The van der Waals surface area contributed by atoms with Gasteiger partial charge >= 0.3 is 0 Å². The van der Waals surface area contributed by atoms with E-state index in [1.807, 2.05) is 6.92 Å². The van der Waals surface area contributed by atoms with Crippen molar-refractivity contribution in [3.8, 4) is 0 Å². The van der Waals surface area contributed by atoms with Crippen LogP contribution in [0.1, 0.15) is 11.3 Å². The molecule has 0 aliphatic rings. The second kappa shape index (κ2) is 3.98. The van der Waals surface area contributed by atoms with E-state index in [0.717, 1.165) is 17.1 Å². The van der Waals surface area contributed by atoms with Gasteiger partial charge in [-0.25, -0.2) is 0 Å². The molecule has 2 rings (SSSR count). The van der Waals surface area contributed by atoms with Crippen molar-refractivity contribution >= 4 is 28.6 Å². The van der Waals surface area contributed by atoms with Crippen molar-refractivity contribution in [1.82, 2.24) is 0 Å². The summed E-state index contributed by atoms with van der Waals surface area (Å²) in [6.07, 6.45) is 2.19. The number of hydrogen-bond acceptors (Lipinski definition) is 3. The van der Waals surface area contributed by atoms with Crippen LogP contribution in [-0.4, -0.2) is 4.92 Å². The third-order valence-electron chi connectivity index (χ3n) is 2.28. The molecule has 0 saturated heterocycles. The molecule has 0 saturated carbocycles. The Bertz CT molecular complexity index is 586. The number of rotatable bonds is 2. The number of nitro groups is 1. The van der Waals surface area contributed by atoms with E-state index >= 15 is 0 Å². The highest BCUT2D eigenvalue weighted by Gasteiger charge is 2.09. The summed E-state index contributed by atoms with van der Waals surface area (Å²) in [5, 5.41) is 11.7. The van der Waals surface area contributed by atoms with E-state index in [4.69, 9.17) is 16.0 Å². The minimum Gasteiger partial charge on any atom is -0.456 e. The summed E-state index contributed by atoms with van der Waals surface area (Å²) in [6.45, 7) is 1.84. The fraction of sp³-hybridized carbons (Fsp3) is 0.0909. The Kier molecular flexibility index (Phi) is 2.66. The average Bonchev–Trinajstić information content (AvgIpc) is 2.53. The predicted octanol–water partition coefficient (Wildman–Crippen LogP) is 3.64. The fourth-order valence-corrected chi connectivity index (χ4v) is 1.67. The van der Waals surface area contributed by atoms with Crippen LogP contribution in [0.5, 0.6) is 0 Å². The zero-order valence-electron chi connectivity index (χ0n) is 8.44. The third kappa shape index (κ3) is 1.92. The molecule has 1 aromatic heterocycles. The summed E-state index contributed by atoms with van der Waals surface area (Å²) in [5.74, 6) is 0.481. The largest absolute Gasteiger partial charge is 0.456 e. The minimum absolute atomic E-state index is 0.481. The minimum atomic E-state index is -0.528. The lowest BCUT2D eigenvalue weighted by Crippen LogP contribution is -1.82. The Hall–Kier alpha value is -1.81. The lowest BCUT2D eigenvalue weighted by molar-refractivity contribution is -0.401. The molecule has 5 heteroatoms. The first-order valence-corrected chi connectivity index (χ1v) is 4.96. The van der Waals surface area contributed by atoms with Crippen LogP contribution in [0.2, 0.25) is 5.02 Å². The normalized spacial score (nSPS) is 11.4. The summed E-state index contributed by atoms with van der Waals surface area (Å²) in [4.78, 5) is 9.68. The molecule has 0 fully saturated rings. The molecule has 0 unspecified atom stereocenters. The fourth-order valence-electron chi connectivity index (χ4n) is 1.50. The van der Waals surface area contributed by atoms with E-state index in [0.29, 0.717) is 16.4 Å². The summed E-state index contributed by atoms with van der Waals surface area (Å²) < 4.78 is 5.45. The van der Waals surface area contributed by atoms with Gasteiger partial charge in [-0.15, -0.1) is 0 Å². The molecule has 0 bridgehead atoms. The molecule has 0 radical (unpaired) electrons. The van der Waals surface area contributed by atoms with Crippen LogP contribution in [0.3, 0.4) is 0 Å². The zero-order valence-corrected chi connectivity index (χ0v) is 9.19. The van der Waals surface area contributed by atoms with E-state index in [-0.39, 0.29) is 0 Å². The van der Waals surface area contributed by atoms with Crippen LogP contribution in [-0.2, 0) is 0 Å². The molecule has 0 spiro atoms. The first-order chi connectivity index (χ1) is 7.58. The van der Waals surface area contributed by atoms with Crippen LogP contribution in [0.25, 0.3) is 17.0 Å². The van der Waals surface area contributed by atoms with Gasteiger partial charge in [0.15, 0.2) is 0 Å². The van der Waals surface area contributed by atoms with Crippen molar-refractivity contribution in [2.24, 2.45) is 0 Å². The lowest BCUT2D eigenvalue weighted by atomic mass is 10.1. The summed E-state index contributed by atoms with van der Waals surface area (Å²) in [7, 11) is 0. The number of aryl methyl sites for hydroxylation is 1. The molecule has 0 aliphatic carbocycles. The summed E-state index contributed by atoms with van der Waals surface area (Å²) in [5.41, 5.74) is 1.51. The maximum atomic E-state index is 10.2. The van der Waals surface area contributed by atoms with Crippen LogP contribution in [0.15, 0.2) is 28.8 Å². The molecule has 82 valence electrons. The van der Waals surface area contributed by atoms with E-state index in [1.54, 1.807) is 18.2 Å². The number of benzene rings is 1. The summed E-state index contributed by atoms with van der Waals surface area (Å²) in [6, 6.07) is 5.24. The third-order valence-corrected chi connectivity index (χ3v) is 2.52. The number of hydrogen-bond donors (Lipinski definition) is 0. The second-order valence-corrected chi connectivity index (χ2v) is 3.77. The Balaban J connectivity index is 2.56. The van der Waals surface area contributed by atoms with E-state index in [1.165, 1.54) is 6.08 Å². The average molecular weight is 238 g/mol. The van der Waals surface area contributed by atoms with Crippen LogP contribution < -0.4 is 0 Å².